The van der Waals surface area contributed by atoms with Crippen molar-refractivity contribution < 1.29 is 28.6 Å². The van der Waals surface area contributed by atoms with Crippen molar-refractivity contribution in [3.63, 3.8) is 0 Å². The third-order valence-corrected chi connectivity index (χ3v) is 2.44. The SMILES string of the molecule is O=C(O)COCCNC(=O)CCCOc1ccccc1F. The normalized spacial score (nSPS) is 10.1. The van der Waals surface area contributed by atoms with Crippen LogP contribution in [-0.4, -0.2) is 43.3 Å². The van der Waals surface area contributed by atoms with Gasteiger partial charge >= 0.3 is 5.97 Å². The summed E-state index contributed by atoms with van der Waals surface area (Å²) < 4.78 is 23.2. The number of hydrogen-bond donors (Lipinski definition) is 2. The Kier molecular flexibility index (Phi) is 7.81. The van der Waals surface area contributed by atoms with E-state index in [2.05, 4.69) is 5.32 Å². The van der Waals surface area contributed by atoms with E-state index in [1.165, 1.54) is 12.1 Å². The van der Waals surface area contributed by atoms with Crippen LogP contribution in [0.25, 0.3) is 0 Å². The first-order chi connectivity index (χ1) is 10.1. The van der Waals surface area contributed by atoms with Crippen molar-refractivity contribution in [3.8, 4) is 5.75 Å². The lowest BCUT2D eigenvalue weighted by atomic mass is 10.3. The van der Waals surface area contributed by atoms with Crippen LogP contribution < -0.4 is 10.1 Å². The fourth-order valence-electron chi connectivity index (χ4n) is 1.49. The Balaban J connectivity index is 2.03. The molecule has 1 amide bonds. The van der Waals surface area contributed by atoms with Crippen LogP contribution in [0, 0.1) is 5.82 Å². The number of halogens is 1. The van der Waals surface area contributed by atoms with E-state index in [-0.39, 0.29) is 44.4 Å². The maximum atomic E-state index is 13.2. The van der Waals surface area contributed by atoms with Crippen molar-refractivity contribution in [2.75, 3.05) is 26.4 Å². The molecule has 0 saturated carbocycles. The molecule has 0 aromatic heterocycles. The highest BCUT2D eigenvalue weighted by atomic mass is 19.1. The minimum Gasteiger partial charge on any atom is -0.491 e. The fraction of sp³-hybridized carbons (Fsp3) is 0.429. The van der Waals surface area contributed by atoms with E-state index < -0.39 is 11.8 Å². The van der Waals surface area contributed by atoms with Gasteiger partial charge in [0.15, 0.2) is 11.6 Å². The second-order valence-electron chi connectivity index (χ2n) is 4.18. The summed E-state index contributed by atoms with van der Waals surface area (Å²) in [4.78, 5) is 21.6. The lowest BCUT2D eigenvalue weighted by molar-refractivity contribution is -0.142. The average Bonchev–Trinajstić information content (AvgIpc) is 2.44. The summed E-state index contributed by atoms with van der Waals surface area (Å²) in [6.45, 7) is 0.250. The molecule has 21 heavy (non-hydrogen) atoms. The summed E-state index contributed by atoms with van der Waals surface area (Å²) in [5.41, 5.74) is 0. The Bertz CT molecular complexity index is 466. The number of carbonyl (C=O) groups excluding carboxylic acids is 1. The first-order valence-electron chi connectivity index (χ1n) is 6.53. The molecule has 0 unspecified atom stereocenters. The van der Waals surface area contributed by atoms with Gasteiger partial charge in [-0.15, -0.1) is 0 Å². The van der Waals surface area contributed by atoms with Gasteiger partial charge in [-0.25, -0.2) is 9.18 Å². The maximum absolute atomic E-state index is 13.2. The molecule has 0 fully saturated rings. The largest absolute Gasteiger partial charge is 0.491 e. The van der Waals surface area contributed by atoms with Gasteiger partial charge in [0.1, 0.15) is 6.61 Å². The minimum absolute atomic E-state index is 0.143. The third-order valence-electron chi connectivity index (χ3n) is 2.44. The van der Waals surface area contributed by atoms with Crippen LogP contribution in [-0.2, 0) is 14.3 Å². The summed E-state index contributed by atoms with van der Waals surface area (Å²) in [6, 6.07) is 6.07. The fourth-order valence-corrected chi connectivity index (χ4v) is 1.49. The van der Waals surface area contributed by atoms with E-state index >= 15 is 0 Å². The van der Waals surface area contributed by atoms with E-state index in [9.17, 15) is 14.0 Å². The van der Waals surface area contributed by atoms with E-state index in [1.807, 2.05) is 0 Å². The van der Waals surface area contributed by atoms with Gasteiger partial charge < -0.3 is 19.9 Å². The molecule has 0 radical (unpaired) electrons. The molecular weight excluding hydrogens is 281 g/mol. The highest BCUT2D eigenvalue weighted by molar-refractivity contribution is 5.75. The number of carboxylic acid groups (broad SMARTS) is 1. The summed E-state index contributed by atoms with van der Waals surface area (Å²) in [5.74, 6) is -1.50. The molecule has 0 aliphatic carbocycles. The van der Waals surface area contributed by atoms with Crippen LogP contribution in [0.1, 0.15) is 12.8 Å². The molecule has 1 aromatic carbocycles. The van der Waals surface area contributed by atoms with E-state index in [1.54, 1.807) is 12.1 Å². The monoisotopic (exact) mass is 299 g/mol. The predicted octanol–water partition coefficient (Wildman–Crippen LogP) is 1.20. The number of carboxylic acids is 1. The first kappa shape index (κ1) is 16.9. The van der Waals surface area contributed by atoms with Crippen LogP contribution in [0.2, 0.25) is 0 Å². The Hall–Kier alpha value is -2.15. The molecule has 0 aliphatic rings. The Morgan fingerprint density at radius 2 is 2.00 bits per heavy atom. The van der Waals surface area contributed by atoms with Gasteiger partial charge in [-0.2, -0.15) is 0 Å². The zero-order valence-corrected chi connectivity index (χ0v) is 11.5. The molecule has 1 aromatic rings. The van der Waals surface area contributed by atoms with E-state index in [0.29, 0.717) is 6.42 Å². The number of aliphatic carboxylic acids is 1. The van der Waals surface area contributed by atoms with E-state index in [0.717, 1.165) is 0 Å². The number of para-hydroxylation sites is 1. The van der Waals surface area contributed by atoms with Crippen LogP contribution in [0.5, 0.6) is 5.75 Å². The summed E-state index contributed by atoms with van der Waals surface area (Å²) >= 11 is 0. The Morgan fingerprint density at radius 3 is 2.71 bits per heavy atom. The predicted molar refractivity (Wildman–Crippen MR) is 72.6 cm³/mol. The quantitative estimate of drug-likeness (QED) is 0.634. The zero-order chi connectivity index (χ0) is 15.5. The highest BCUT2D eigenvalue weighted by Crippen LogP contribution is 2.15. The standard InChI is InChI=1S/C14H18FNO5/c15-11-4-1-2-5-12(11)21-8-3-6-13(17)16-7-9-20-10-14(18)19/h1-2,4-5H,3,6-10H2,(H,16,17)(H,18,19). The minimum atomic E-state index is -1.05. The van der Waals surface area contributed by atoms with Crippen molar-refractivity contribution in [1.82, 2.24) is 5.32 Å². The van der Waals surface area contributed by atoms with Crippen LogP contribution in [0.15, 0.2) is 24.3 Å². The van der Waals surface area contributed by atoms with Gasteiger partial charge in [0.2, 0.25) is 5.91 Å². The molecule has 0 saturated heterocycles. The number of carbonyl (C=O) groups is 2. The smallest absolute Gasteiger partial charge is 0.329 e. The van der Waals surface area contributed by atoms with Crippen molar-refractivity contribution in [1.29, 1.82) is 0 Å². The molecule has 0 heterocycles. The average molecular weight is 299 g/mol. The number of nitrogens with one attached hydrogen (secondary N) is 1. The summed E-state index contributed by atoms with van der Waals surface area (Å²) in [6.07, 6.45) is 0.698. The lowest BCUT2D eigenvalue weighted by Gasteiger charge is -2.07. The number of amides is 1. The molecule has 6 nitrogen and oxygen atoms in total. The number of hydrogen-bond acceptors (Lipinski definition) is 4. The summed E-state index contributed by atoms with van der Waals surface area (Å²) in [5, 5.41) is 10.9. The maximum Gasteiger partial charge on any atom is 0.329 e. The molecule has 116 valence electrons. The van der Waals surface area contributed by atoms with Gasteiger partial charge in [-0.3, -0.25) is 4.79 Å². The Morgan fingerprint density at radius 1 is 1.24 bits per heavy atom. The second-order valence-corrected chi connectivity index (χ2v) is 4.18. The zero-order valence-electron chi connectivity index (χ0n) is 11.5. The van der Waals surface area contributed by atoms with Gasteiger partial charge in [-0.1, -0.05) is 12.1 Å². The third kappa shape index (κ3) is 7.88. The molecule has 7 heteroatoms. The first-order valence-corrected chi connectivity index (χ1v) is 6.53. The van der Waals surface area contributed by atoms with Crippen LogP contribution in [0.4, 0.5) is 4.39 Å². The molecule has 0 aliphatic heterocycles. The second kappa shape index (κ2) is 9.71. The van der Waals surface area contributed by atoms with Gasteiger partial charge in [0.25, 0.3) is 0 Å². The number of benzene rings is 1. The van der Waals surface area contributed by atoms with Crippen molar-refractivity contribution in [2.45, 2.75) is 12.8 Å². The van der Waals surface area contributed by atoms with Crippen molar-refractivity contribution in [3.05, 3.63) is 30.1 Å². The topological polar surface area (TPSA) is 84.9 Å². The summed E-state index contributed by atoms with van der Waals surface area (Å²) in [7, 11) is 0. The Labute approximate surface area is 121 Å². The number of ether oxygens (including phenoxy) is 2. The highest BCUT2D eigenvalue weighted by Gasteiger charge is 2.04. The van der Waals surface area contributed by atoms with Gasteiger partial charge in [0, 0.05) is 13.0 Å². The van der Waals surface area contributed by atoms with Crippen molar-refractivity contribution >= 4 is 11.9 Å². The number of rotatable bonds is 10. The van der Waals surface area contributed by atoms with Crippen molar-refractivity contribution in [2.24, 2.45) is 0 Å². The lowest BCUT2D eigenvalue weighted by Crippen LogP contribution is -2.28. The van der Waals surface area contributed by atoms with Gasteiger partial charge in [0.05, 0.1) is 13.2 Å². The molecule has 0 atom stereocenters. The van der Waals surface area contributed by atoms with Crippen LogP contribution in [0.3, 0.4) is 0 Å². The molecular formula is C14H18FNO5. The molecule has 1 rings (SSSR count). The van der Waals surface area contributed by atoms with Gasteiger partial charge in [-0.05, 0) is 18.6 Å². The molecule has 0 spiro atoms. The molecule has 0 bridgehead atoms. The molecule has 2 N–H and O–H groups in total. The van der Waals surface area contributed by atoms with E-state index in [4.69, 9.17) is 14.6 Å². The van der Waals surface area contributed by atoms with Crippen LogP contribution >= 0.6 is 0 Å².